The standard InChI is InChI=1S/C14H19N3O4/c1-21-14(20)6-10-4-2-3-5-11(10)7-17(8-12(15)18)9-13(16)19/h2-5H,6-9H2,1H3,(H2,15,18)(H2,16,19). The second kappa shape index (κ2) is 8.01. The highest BCUT2D eigenvalue weighted by Gasteiger charge is 2.15. The van der Waals surface area contributed by atoms with Crippen molar-refractivity contribution in [3.8, 4) is 0 Å². The summed E-state index contributed by atoms with van der Waals surface area (Å²) < 4.78 is 4.64. The number of carbonyl (C=O) groups is 3. The summed E-state index contributed by atoms with van der Waals surface area (Å²) in [7, 11) is 1.32. The van der Waals surface area contributed by atoms with Crippen LogP contribution in [0.1, 0.15) is 11.1 Å². The zero-order chi connectivity index (χ0) is 15.8. The quantitative estimate of drug-likeness (QED) is 0.607. The van der Waals surface area contributed by atoms with E-state index in [-0.39, 0.29) is 25.5 Å². The number of hydrogen-bond acceptors (Lipinski definition) is 5. The number of carbonyl (C=O) groups excluding carboxylic acids is 3. The zero-order valence-corrected chi connectivity index (χ0v) is 11.9. The van der Waals surface area contributed by atoms with E-state index in [4.69, 9.17) is 11.5 Å². The van der Waals surface area contributed by atoms with Crippen LogP contribution < -0.4 is 11.5 Å². The van der Waals surface area contributed by atoms with E-state index in [2.05, 4.69) is 4.74 Å². The molecule has 0 radical (unpaired) electrons. The first-order valence-corrected chi connectivity index (χ1v) is 6.35. The highest BCUT2D eigenvalue weighted by molar-refractivity contribution is 5.79. The van der Waals surface area contributed by atoms with E-state index in [0.717, 1.165) is 11.1 Å². The van der Waals surface area contributed by atoms with Crippen molar-refractivity contribution in [1.82, 2.24) is 4.90 Å². The summed E-state index contributed by atoms with van der Waals surface area (Å²) in [5.74, 6) is -1.47. The molecule has 0 spiro atoms. The Morgan fingerprint density at radius 2 is 1.57 bits per heavy atom. The van der Waals surface area contributed by atoms with E-state index in [1.54, 1.807) is 12.1 Å². The lowest BCUT2D eigenvalue weighted by Crippen LogP contribution is -2.39. The normalized spacial score (nSPS) is 10.4. The number of esters is 1. The molecule has 4 N–H and O–H groups in total. The summed E-state index contributed by atoms with van der Waals surface area (Å²) in [6.45, 7) is 0.115. The van der Waals surface area contributed by atoms with Crippen LogP contribution in [-0.4, -0.2) is 42.9 Å². The number of hydrogen-bond donors (Lipinski definition) is 2. The Bertz CT molecular complexity index is 515. The van der Waals surface area contributed by atoms with Crippen molar-refractivity contribution in [3.63, 3.8) is 0 Å². The Hall–Kier alpha value is -2.41. The molecular formula is C14H19N3O4. The summed E-state index contributed by atoms with van der Waals surface area (Å²) in [5, 5.41) is 0. The number of amides is 2. The smallest absolute Gasteiger partial charge is 0.309 e. The molecule has 114 valence electrons. The van der Waals surface area contributed by atoms with E-state index in [1.807, 2.05) is 12.1 Å². The van der Waals surface area contributed by atoms with Crippen LogP contribution in [-0.2, 0) is 32.1 Å². The van der Waals surface area contributed by atoms with Crippen molar-refractivity contribution in [2.24, 2.45) is 11.5 Å². The van der Waals surface area contributed by atoms with Gasteiger partial charge in [-0.3, -0.25) is 19.3 Å². The third-order valence-electron chi connectivity index (χ3n) is 2.83. The zero-order valence-electron chi connectivity index (χ0n) is 11.9. The van der Waals surface area contributed by atoms with Crippen LogP contribution in [0.25, 0.3) is 0 Å². The summed E-state index contributed by atoms with van der Waals surface area (Å²) in [6.07, 6.45) is 0.119. The lowest BCUT2D eigenvalue weighted by molar-refractivity contribution is -0.139. The molecule has 2 amide bonds. The molecule has 0 heterocycles. The van der Waals surface area contributed by atoms with Gasteiger partial charge in [-0.2, -0.15) is 0 Å². The average molecular weight is 293 g/mol. The Morgan fingerprint density at radius 1 is 1.05 bits per heavy atom. The van der Waals surface area contributed by atoms with Crippen molar-refractivity contribution in [1.29, 1.82) is 0 Å². The predicted molar refractivity (Wildman–Crippen MR) is 75.8 cm³/mol. The number of rotatable bonds is 8. The van der Waals surface area contributed by atoms with Crippen molar-refractivity contribution in [3.05, 3.63) is 35.4 Å². The van der Waals surface area contributed by atoms with E-state index in [0.29, 0.717) is 6.54 Å². The summed E-state index contributed by atoms with van der Waals surface area (Å²) in [5.41, 5.74) is 11.9. The van der Waals surface area contributed by atoms with Gasteiger partial charge in [0.25, 0.3) is 0 Å². The summed E-state index contributed by atoms with van der Waals surface area (Å²) in [4.78, 5) is 35.0. The van der Waals surface area contributed by atoms with Gasteiger partial charge in [0, 0.05) is 6.54 Å². The molecular weight excluding hydrogens is 274 g/mol. The van der Waals surface area contributed by atoms with E-state index >= 15 is 0 Å². The van der Waals surface area contributed by atoms with E-state index in [1.165, 1.54) is 12.0 Å². The fourth-order valence-corrected chi connectivity index (χ4v) is 1.96. The number of benzene rings is 1. The molecule has 0 unspecified atom stereocenters. The first kappa shape index (κ1) is 16.6. The van der Waals surface area contributed by atoms with Crippen molar-refractivity contribution < 1.29 is 19.1 Å². The van der Waals surface area contributed by atoms with Crippen LogP contribution in [0.2, 0.25) is 0 Å². The van der Waals surface area contributed by atoms with Gasteiger partial charge in [0.15, 0.2) is 0 Å². The van der Waals surface area contributed by atoms with Crippen molar-refractivity contribution >= 4 is 17.8 Å². The summed E-state index contributed by atoms with van der Waals surface area (Å²) >= 11 is 0. The summed E-state index contributed by atoms with van der Waals surface area (Å²) in [6, 6.07) is 7.21. The van der Waals surface area contributed by atoms with Gasteiger partial charge in [0.1, 0.15) is 0 Å². The van der Waals surface area contributed by atoms with Crippen LogP contribution in [0.15, 0.2) is 24.3 Å². The Morgan fingerprint density at radius 3 is 2.05 bits per heavy atom. The van der Waals surface area contributed by atoms with E-state index in [9.17, 15) is 14.4 Å². The minimum atomic E-state index is -0.554. The van der Waals surface area contributed by atoms with Crippen LogP contribution in [0.5, 0.6) is 0 Å². The van der Waals surface area contributed by atoms with Gasteiger partial charge >= 0.3 is 5.97 Å². The van der Waals surface area contributed by atoms with Gasteiger partial charge < -0.3 is 16.2 Å². The van der Waals surface area contributed by atoms with Gasteiger partial charge in [-0.25, -0.2) is 0 Å². The monoisotopic (exact) mass is 293 g/mol. The molecule has 0 atom stereocenters. The highest BCUT2D eigenvalue weighted by atomic mass is 16.5. The molecule has 0 saturated carbocycles. The molecule has 0 aliphatic carbocycles. The number of nitrogens with zero attached hydrogens (tertiary/aromatic N) is 1. The molecule has 0 aliphatic heterocycles. The van der Waals surface area contributed by atoms with Gasteiger partial charge in [0.2, 0.25) is 11.8 Å². The fourth-order valence-electron chi connectivity index (χ4n) is 1.96. The SMILES string of the molecule is COC(=O)Cc1ccccc1CN(CC(N)=O)CC(N)=O. The van der Waals surface area contributed by atoms with Crippen LogP contribution in [0.3, 0.4) is 0 Å². The largest absolute Gasteiger partial charge is 0.469 e. The van der Waals surface area contributed by atoms with Gasteiger partial charge in [0.05, 0.1) is 26.6 Å². The minimum Gasteiger partial charge on any atom is -0.469 e. The van der Waals surface area contributed by atoms with Crippen LogP contribution in [0, 0.1) is 0 Å². The Kier molecular flexibility index (Phi) is 6.35. The third kappa shape index (κ3) is 6.05. The maximum atomic E-state index is 11.4. The topological polar surface area (TPSA) is 116 Å². The number of primary amides is 2. The molecule has 1 rings (SSSR count). The number of nitrogens with two attached hydrogens (primary N) is 2. The average Bonchev–Trinajstić information content (AvgIpc) is 2.39. The van der Waals surface area contributed by atoms with Gasteiger partial charge in [-0.1, -0.05) is 24.3 Å². The van der Waals surface area contributed by atoms with Crippen molar-refractivity contribution in [2.45, 2.75) is 13.0 Å². The molecule has 1 aromatic carbocycles. The lowest BCUT2D eigenvalue weighted by atomic mass is 10.0. The molecule has 7 heteroatoms. The molecule has 1 aromatic rings. The Labute approximate surface area is 122 Å². The van der Waals surface area contributed by atoms with E-state index < -0.39 is 11.8 Å². The first-order valence-electron chi connectivity index (χ1n) is 6.35. The predicted octanol–water partition coefficient (Wildman–Crippen LogP) is -0.825. The number of ether oxygens (including phenoxy) is 1. The van der Waals surface area contributed by atoms with Crippen LogP contribution >= 0.6 is 0 Å². The highest BCUT2D eigenvalue weighted by Crippen LogP contribution is 2.13. The molecule has 0 fully saturated rings. The second-order valence-electron chi connectivity index (χ2n) is 4.60. The molecule has 0 saturated heterocycles. The Balaban J connectivity index is 2.89. The molecule has 21 heavy (non-hydrogen) atoms. The maximum absolute atomic E-state index is 11.4. The minimum absolute atomic E-state index is 0.0878. The molecule has 0 aromatic heterocycles. The van der Waals surface area contributed by atoms with Gasteiger partial charge in [-0.15, -0.1) is 0 Å². The molecule has 0 bridgehead atoms. The third-order valence-corrected chi connectivity index (χ3v) is 2.83. The fraction of sp³-hybridized carbons (Fsp3) is 0.357. The van der Waals surface area contributed by atoms with Gasteiger partial charge in [-0.05, 0) is 11.1 Å². The van der Waals surface area contributed by atoms with Crippen molar-refractivity contribution in [2.75, 3.05) is 20.2 Å². The first-order chi connectivity index (χ1) is 9.92. The second-order valence-corrected chi connectivity index (χ2v) is 4.60. The maximum Gasteiger partial charge on any atom is 0.309 e. The number of methoxy groups -OCH3 is 1. The lowest BCUT2D eigenvalue weighted by Gasteiger charge is -2.20. The molecule has 0 aliphatic rings. The van der Waals surface area contributed by atoms with Crippen LogP contribution in [0.4, 0.5) is 0 Å². The molecule has 7 nitrogen and oxygen atoms in total.